The molecular weight excluding hydrogens is 765 g/mol. The number of imidazole rings is 1. The third-order valence-electron chi connectivity index (χ3n) is 10.5. The maximum Gasteiger partial charge on any atom is 0.496 e. The lowest BCUT2D eigenvalue weighted by Crippen LogP contribution is -2.44. The van der Waals surface area contributed by atoms with Gasteiger partial charge in [-0.25, -0.2) is 14.4 Å². The topological polar surface area (TPSA) is 93.9 Å². The number of esters is 1. The summed E-state index contributed by atoms with van der Waals surface area (Å²) in [7, 11) is -2.33. The summed E-state index contributed by atoms with van der Waals surface area (Å²) in [5, 5.41) is 0. The van der Waals surface area contributed by atoms with E-state index in [9.17, 15) is 22.4 Å². The first-order chi connectivity index (χ1) is 24.2. The van der Waals surface area contributed by atoms with Gasteiger partial charge in [0.05, 0.1) is 23.4 Å². The van der Waals surface area contributed by atoms with Crippen LogP contribution in [0.5, 0.6) is 5.88 Å². The second kappa shape index (κ2) is 15.5. The number of pyridine rings is 1. The van der Waals surface area contributed by atoms with E-state index in [0.717, 1.165) is 35.7 Å². The molecule has 5 rings (SSSR count). The summed E-state index contributed by atoms with van der Waals surface area (Å²) in [6.07, 6.45) is 0.837. The Balaban J connectivity index is 1.06. The van der Waals surface area contributed by atoms with E-state index >= 15 is 0 Å². The minimum atomic E-state index is -4.69. The van der Waals surface area contributed by atoms with Crippen LogP contribution in [0.3, 0.4) is 0 Å². The Morgan fingerprint density at radius 3 is 2.37 bits per heavy atom. The maximum absolute atomic E-state index is 14.6. The Morgan fingerprint density at radius 2 is 1.77 bits per heavy atom. The highest BCUT2D eigenvalue weighted by molar-refractivity contribution is 9.10. The molecule has 0 radical (unpaired) electrons. The van der Waals surface area contributed by atoms with Gasteiger partial charge in [-0.3, -0.25) is 4.79 Å². The molecule has 0 spiro atoms. The van der Waals surface area contributed by atoms with Crippen molar-refractivity contribution in [3.05, 3.63) is 58.2 Å². The minimum Gasteiger partial charge on any atom is -0.476 e. The Kier molecular flexibility index (Phi) is 12.1. The van der Waals surface area contributed by atoms with Gasteiger partial charge in [-0.1, -0.05) is 41.5 Å². The number of ether oxygens (including phenoxy) is 3. The number of aryl methyl sites for hydroxylation is 1. The molecule has 52 heavy (non-hydrogen) atoms. The van der Waals surface area contributed by atoms with Crippen molar-refractivity contribution in [3.63, 3.8) is 0 Å². The molecule has 3 aromatic rings. The van der Waals surface area contributed by atoms with Gasteiger partial charge in [0.15, 0.2) is 5.69 Å². The van der Waals surface area contributed by atoms with Crippen LogP contribution >= 0.6 is 15.9 Å². The fourth-order valence-corrected chi connectivity index (χ4v) is 8.48. The molecule has 0 N–H and O–H groups in total. The molecule has 0 amide bonds. The number of rotatable bonds is 15. The number of hydrogen-bond donors (Lipinski definition) is 0. The highest BCUT2D eigenvalue weighted by Crippen LogP contribution is 2.43. The van der Waals surface area contributed by atoms with Gasteiger partial charge in [0.2, 0.25) is 5.88 Å². The Morgan fingerprint density at radius 1 is 1.08 bits per heavy atom. The molecular formula is C36H47BBrF4N3O6Si. The maximum atomic E-state index is 14.6. The molecule has 0 unspecified atom stereocenters. The summed E-state index contributed by atoms with van der Waals surface area (Å²) >= 11 is 3.16. The van der Waals surface area contributed by atoms with E-state index < -0.39 is 49.5 Å². The van der Waals surface area contributed by atoms with Crippen molar-refractivity contribution in [1.82, 2.24) is 14.5 Å². The van der Waals surface area contributed by atoms with E-state index in [1.54, 1.807) is 12.3 Å². The van der Waals surface area contributed by atoms with Gasteiger partial charge in [0.1, 0.15) is 30.4 Å². The SMILES string of the molecule is Cc1cc(OCC2(C(=O)OCCC[Si](C)(C)CCOCn3cc(C(F)(F)F)nc3-c3ccc(Br)cc3F)CCC2)ncc1B1OC(C)(C)C(C)(C)O1. The van der Waals surface area contributed by atoms with Gasteiger partial charge in [-0.05, 0) is 83.7 Å². The van der Waals surface area contributed by atoms with E-state index in [2.05, 4.69) is 39.0 Å². The van der Waals surface area contributed by atoms with Gasteiger partial charge in [-0.2, -0.15) is 13.2 Å². The smallest absolute Gasteiger partial charge is 0.476 e. The van der Waals surface area contributed by atoms with E-state index in [1.807, 2.05) is 40.7 Å². The molecule has 0 atom stereocenters. The number of aromatic nitrogens is 3. The lowest BCUT2D eigenvalue weighted by molar-refractivity contribution is -0.164. The number of benzene rings is 1. The third kappa shape index (κ3) is 9.28. The van der Waals surface area contributed by atoms with Crippen LogP contribution in [0.1, 0.15) is 64.6 Å². The zero-order chi connectivity index (χ0) is 38.1. The molecule has 1 saturated heterocycles. The highest BCUT2D eigenvalue weighted by Gasteiger charge is 2.52. The summed E-state index contributed by atoms with van der Waals surface area (Å²) in [5.41, 5.74) is -1.04. The minimum absolute atomic E-state index is 0.0543. The number of alkyl halides is 3. The number of carbonyl (C=O) groups excluding carboxylic acids is 1. The van der Waals surface area contributed by atoms with Crippen molar-refractivity contribution in [2.24, 2.45) is 5.41 Å². The molecule has 1 aliphatic carbocycles. The van der Waals surface area contributed by atoms with Crippen LogP contribution in [0.15, 0.2) is 41.1 Å². The summed E-state index contributed by atoms with van der Waals surface area (Å²) in [6, 6.07) is 7.53. The van der Waals surface area contributed by atoms with Crippen LogP contribution in [0.25, 0.3) is 11.4 Å². The van der Waals surface area contributed by atoms with Crippen LogP contribution in [-0.4, -0.2) is 66.7 Å². The van der Waals surface area contributed by atoms with Gasteiger partial charge in [-0.15, -0.1) is 0 Å². The fourth-order valence-electron chi connectivity index (χ4n) is 6.10. The van der Waals surface area contributed by atoms with Gasteiger partial charge in [0.25, 0.3) is 0 Å². The van der Waals surface area contributed by atoms with Gasteiger partial charge < -0.3 is 28.1 Å². The number of hydrogen-bond acceptors (Lipinski definition) is 8. The van der Waals surface area contributed by atoms with Crippen LogP contribution in [0.2, 0.25) is 25.2 Å². The summed E-state index contributed by atoms with van der Waals surface area (Å²) < 4.78 is 86.5. The van der Waals surface area contributed by atoms with Crippen molar-refractivity contribution >= 4 is 42.6 Å². The normalized spacial score (nSPS) is 18.0. The van der Waals surface area contributed by atoms with E-state index in [1.165, 1.54) is 16.7 Å². The molecule has 284 valence electrons. The standard InChI is InChI=1S/C36H47BBrF4N3O6Si/c1-24-18-30(43-20-27(24)37-50-33(2,3)34(4,5)51-37)49-22-35(12-8-13-35)32(46)48-14-9-16-52(6,7)17-15-47-23-45-21-29(36(40,41)42)44-31(45)26-11-10-25(38)19-28(26)39/h10-11,18-21H,8-9,12-17,22-23H2,1-7H3. The van der Waals surface area contributed by atoms with Crippen molar-refractivity contribution < 1.29 is 45.9 Å². The van der Waals surface area contributed by atoms with E-state index in [0.29, 0.717) is 36.2 Å². The van der Waals surface area contributed by atoms with Gasteiger partial charge in [0, 0.05) is 43.1 Å². The second-order valence-electron chi connectivity index (χ2n) is 15.6. The molecule has 2 aromatic heterocycles. The second-order valence-corrected chi connectivity index (χ2v) is 21.9. The largest absolute Gasteiger partial charge is 0.496 e. The molecule has 3 heterocycles. The first kappa shape index (κ1) is 40.4. The van der Waals surface area contributed by atoms with Crippen LogP contribution in [-0.2, 0) is 36.5 Å². The van der Waals surface area contributed by atoms with Crippen LogP contribution in [0.4, 0.5) is 17.6 Å². The molecule has 0 bridgehead atoms. The average Bonchev–Trinajstić information content (AvgIpc) is 3.54. The van der Waals surface area contributed by atoms with Crippen LogP contribution in [0, 0.1) is 18.2 Å². The number of carbonyl (C=O) groups is 1. The zero-order valence-electron chi connectivity index (χ0n) is 30.8. The summed E-state index contributed by atoms with van der Waals surface area (Å²) in [4.78, 5) is 21.4. The highest BCUT2D eigenvalue weighted by atomic mass is 79.9. The summed E-state index contributed by atoms with van der Waals surface area (Å²) in [6.45, 7) is 14.9. The molecule has 1 aromatic carbocycles. The quantitative estimate of drug-likeness (QED) is 0.0655. The molecule has 16 heteroatoms. The molecule has 1 aliphatic heterocycles. The molecule has 1 saturated carbocycles. The van der Waals surface area contributed by atoms with E-state index in [-0.39, 0.29) is 37.3 Å². The molecule has 9 nitrogen and oxygen atoms in total. The average molecular weight is 813 g/mol. The first-order valence-corrected chi connectivity index (χ1v) is 21.7. The van der Waals surface area contributed by atoms with Crippen molar-refractivity contribution in [1.29, 1.82) is 0 Å². The fraction of sp³-hybridized carbons (Fsp3) is 0.583. The van der Waals surface area contributed by atoms with Gasteiger partial charge >= 0.3 is 19.3 Å². The van der Waals surface area contributed by atoms with Crippen molar-refractivity contribution in [2.45, 2.75) is 110 Å². The third-order valence-corrected chi connectivity index (χ3v) is 14.3. The van der Waals surface area contributed by atoms with Crippen LogP contribution < -0.4 is 10.2 Å². The Bertz CT molecular complexity index is 1730. The Hall–Kier alpha value is -2.79. The lowest BCUT2D eigenvalue weighted by atomic mass is 9.69. The summed E-state index contributed by atoms with van der Waals surface area (Å²) in [5.74, 6) is -0.690. The lowest BCUT2D eigenvalue weighted by Gasteiger charge is -2.38. The molecule has 2 aliphatic rings. The van der Waals surface area contributed by atoms with Crippen molar-refractivity contribution in [3.8, 4) is 17.3 Å². The molecule has 2 fully saturated rings. The number of nitrogens with zero attached hydrogens (tertiary/aromatic N) is 3. The zero-order valence-corrected chi connectivity index (χ0v) is 33.4. The van der Waals surface area contributed by atoms with Crippen molar-refractivity contribution in [2.75, 3.05) is 19.8 Å². The first-order valence-electron chi connectivity index (χ1n) is 17.5. The Labute approximate surface area is 312 Å². The number of halogens is 5. The monoisotopic (exact) mass is 811 g/mol. The van der Waals surface area contributed by atoms with E-state index in [4.69, 9.17) is 23.5 Å². The predicted molar refractivity (Wildman–Crippen MR) is 195 cm³/mol. The predicted octanol–water partition coefficient (Wildman–Crippen LogP) is 8.34.